The van der Waals surface area contributed by atoms with Gasteiger partial charge in [0.2, 0.25) is 0 Å². The molecule has 0 spiro atoms. The molecule has 7 heteroatoms. The number of amides is 1. The number of imidazole rings is 1. The van der Waals surface area contributed by atoms with Gasteiger partial charge in [-0.25, -0.2) is 4.98 Å². The summed E-state index contributed by atoms with van der Waals surface area (Å²) in [5, 5.41) is 11.9. The SMILES string of the molecule is CCC(CC)(CNC(=O)c1cn(CCN)cn1)C(=O)O. The third kappa shape index (κ3) is 3.57. The standard InChI is InChI=1S/C13H22N4O3/c1-3-13(4-2,12(19)20)8-15-11(18)10-7-17(6-5-14)9-16-10/h7,9H,3-6,8,14H2,1-2H3,(H,15,18)(H,19,20). The molecule has 0 saturated carbocycles. The van der Waals surface area contributed by atoms with Crippen LogP contribution in [0.1, 0.15) is 37.2 Å². The molecule has 0 radical (unpaired) electrons. The van der Waals surface area contributed by atoms with E-state index in [1.165, 1.54) is 6.33 Å². The molecule has 1 amide bonds. The van der Waals surface area contributed by atoms with Crippen LogP contribution in [0.4, 0.5) is 0 Å². The Labute approximate surface area is 118 Å². The Balaban J connectivity index is 2.67. The summed E-state index contributed by atoms with van der Waals surface area (Å²) in [6.07, 6.45) is 4.05. The molecule has 1 rings (SSSR count). The molecule has 1 heterocycles. The van der Waals surface area contributed by atoms with Crippen molar-refractivity contribution in [2.75, 3.05) is 13.1 Å². The number of nitrogens with zero attached hydrogens (tertiary/aromatic N) is 2. The monoisotopic (exact) mass is 282 g/mol. The molecule has 0 aliphatic rings. The minimum atomic E-state index is -0.921. The zero-order valence-electron chi connectivity index (χ0n) is 11.9. The summed E-state index contributed by atoms with van der Waals surface area (Å²) < 4.78 is 1.72. The van der Waals surface area contributed by atoms with Gasteiger partial charge in [0.15, 0.2) is 0 Å². The molecule has 0 aliphatic carbocycles. The molecule has 0 saturated heterocycles. The molecule has 0 aliphatic heterocycles. The van der Waals surface area contributed by atoms with E-state index in [1.807, 2.05) is 0 Å². The third-order valence-corrected chi connectivity index (χ3v) is 3.65. The summed E-state index contributed by atoms with van der Waals surface area (Å²) in [5.74, 6) is -1.26. The van der Waals surface area contributed by atoms with E-state index in [0.29, 0.717) is 25.9 Å². The normalized spacial score (nSPS) is 11.3. The number of carboxylic acid groups (broad SMARTS) is 1. The van der Waals surface area contributed by atoms with E-state index in [2.05, 4.69) is 10.3 Å². The highest BCUT2D eigenvalue weighted by atomic mass is 16.4. The summed E-state index contributed by atoms with van der Waals surface area (Å²) in [6.45, 7) is 4.76. The molecule has 0 fully saturated rings. The Morgan fingerprint density at radius 1 is 1.45 bits per heavy atom. The minimum absolute atomic E-state index is 0.0952. The number of rotatable bonds is 8. The summed E-state index contributed by atoms with van der Waals surface area (Å²) >= 11 is 0. The highest BCUT2D eigenvalue weighted by Crippen LogP contribution is 2.25. The van der Waals surface area contributed by atoms with Gasteiger partial charge in [0.05, 0.1) is 11.7 Å². The Morgan fingerprint density at radius 2 is 2.10 bits per heavy atom. The first-order valence-electron chi connectivity index (χ1n) is 6.72. The van der Waals surface area contributed by atoms with Gasteiger partial charge in [-0.2, -0.15) is 0 Å². The average Bonchev–Trinajstić information content (AvgIpc) is 2.89. The van der Waals surface area contributed by atoms with Crippen molar-refractivity contribution in [2.24, 2.45) is 11.1 Å². The fourth-order valence-corrected chi connectivity index (χ4v) is 1.97. The molecule has 20 heavy (non-hydrogen) atoms. The Bertz CT molecular complexity index is 466. The number of aromatic nitrogens is 2. The van der Waals surface area contributed by atoms with Gasteiger partial charge in [-0.1, -0.05) is 13.8 Å². The lowest BCUT2D eigenvalue weighted by Gasteiger charge is -2.26. The van der Waals surface area contributed by atoms with Gasteiger partial charge >= 0.3 is 5.97 Å². The summed E-state index contributed by atoms with van der Waals surface area (Å²) in [6, 6.07) is 0. The number of hydrogen-bond donors (Lipinski definition) is 3. The van der Waals surface area contributed by atoms with E-state index in [-0.39, 0.29) is 18.1 Å². The second-order valence-corrected chi connectivity index (χ2v) is 4.76. The van der Waals surface area contributed by atoms with Crippen LogP contribution in [0.25, 0.3) is 0 Å². The number of nitrogens with two attached hydrogens (primary N) is 1. The van der Waals surface area contributed by atoms with Gasteiger partial charge < -0.3 is 20.7 Å². The first kappa shape index (κ1) is 16.2. The summed E-state index contributed by atoms with van der Waals surface area (Å²) in [4.78, 5) is 27.3. The number of nitrogens with one attached hydrogen (secondary N) is 1. The van der Waals surface area contributed by atoms with E-state index >= 15 is 0 Å². The van der Waals surface area contributed by atoms with Crippen molar-refractivity contribution in [3.63, 3.8) is 0 Å². The molecule has 1 aromatic rings. The van der Waals surface area contributed by atoms with Crippen LogP contribution < -0.4 is 11.1 Å². The number of carbonyl (C=O) groups excluding carboxylic acids is 1. The third-order valence-electron chi connectivity index (χ3n) is 3.65. The Hall–Kier alpha value is -1.89. The Morgan fingerprint density at radius 3 is 2.60 bits per heavy atom. The van der Waals surface area contributed by atoms with E-state index in [1.54, 1.807) is 24.6 Å². The van der Waals surface area contributed by atoms with E-state index in [0.717, 1.165) is 0 Å². The zero-order valence-corrected chi connectivity index (χ0v) is 11.9. The van der Waals surface area contributed by atoms with Crippen molar-refractivity contribution in [3.8, 4) is 0 Å². The summed E-state index contributed by atoms with van der Waals surface area (Å²) in [5.41, 5.74) is 4.76. The molecule has 4 N–H and O–H groups in total. The van der Waals surface area contributed by atoms with Crippen LogP contribution in [-0.2, 0) is 11.3 Å². The smallest absolute Gasteiger partial charge is 0.311 e. The van der Waals surface area contributed by atoms with Crippen molar-refractivity contribution < 1.29 is 14.7 Å². The van der Waals surface area contributed by atoms with Crippen molar-refractivity contribution in [1.82, 2.24) is 14.9 Å². The number of aliphatic carboxylic acids is 1. The summed E-state index contributed by atoms with van der Waals surface area (Å²) in [7, 11) is 0. The number of carbonyl (C=O) groups is 2. The average molecular weight is 282 g/mol. The molecule has 112 valence electrons. The van der Waals surface area contributed by atoms with Gasteiger partial charge in [0, 0.05) is 25.8 Å². The molecular formula is C13H22N4O3. The van der Waals surface area contributed by atoms with Crippen molar-refractivity contribution in [3.05, 3.63) is 18.2 Å². The predicted octanol–water partition coefficient (Wildman–Crippen LogP) is 0.463. The number of carboxylic acids is 1. The van der Waals surface area contributed by atoms with Crippen LogP contribution in [-0.4, -0.2) is 39.6 Å². The molecule has 0 bridgehead atoms. The molecule has 0 atom stereocenters. The van der Waals surface area contributed by atoms with Gasteiger partial charge in [-0.3, -0.25) is 9.59 Å². The van der Waals surface area contributed by atoms with Gasteiger partial charge in [-0.15, -0.1) is 0 Å². The van der Waals surface area contributed by atoms with Crippen molar-refractivity contribution >= 4 is 11.9 Å². The maximum Gasteiger partial charge on any atom is 0.311 e. The van der Waals surface area contributed by atoms with Crippen LogP contribution in [0.2, 0.25) is 0 Å². The lowest BCUT2D eigenvalue weighted by molar-refractivity contribution is -0.149. The largest absolute Gasteiger partial charge is 0.481 e. The number of hydrogen-bond acceptors (Lipinski definition) is 4. The van der Waals surface area contributed by atoms with Crippen LogP contribution in [0.5, 0.6) is 0 Å². The van der Waals surface area contributed by atoms with Crippen LogP contribution >= 0.6 is 0 Å². The fraction of sp³-hybridized carbons (Fsp3) is 0.615. The Kier molecular flexibility index (Phi) is 5.69. The van der Waals surface area contributed by atoms with Gasteiger partial charge in [0.1, 0.15) is 5.69 Å². The van der Waals surface area contributed by atoms with Crippen LogP contribution in [0, 0.1) is 5.41 Å². The van der Waals surface area contributed by atoms with Crippen LogP contribution in [0.15, 0.2) is 12.5 Å². The first-order valence-corrected chi connectivity index (χ1v) is 6.72. The topological polar surface area (TPSA) is 110 Å². The predicted molar refractivity (Wildman–Crippen MR) is 74.3 cm³/mol. The van der Waals surface area contributed by atoms with Crippen LogP contribution in [0.3, 0.4) is 0 Å². The van der Waals surface area contributed by atoms with Crippen molar-refractivity contribution in [2.45, 2.75) is 33.2 Å². The molecule has 0 unspecified atom stereocenters. The van der Waals surface area contributed by atoms with E-state index in [9.17, 15) is 14.7 Å². The second kappa shape index (κ2) is 7.04. The van der Waals surface area contributed by atoms with Gasteiger partial charge in [-0.05, 0) is 12.8 Å². The van der Waals surface area contributed by atoms with Gasteiger partial charge in [0.25, 0.3) is 5.91 Å². The minimum Gasteiger partial charge on any atom is -0.481 e. The van der Waals surface area contributed by atoms with E-state index < -0.39 is 11.4 Å². The first-order chi connectivity index (χ1) is 9.49. The second-order valence-electron chi connectivity index (χ2n) is 4.76. The molecule has 0 aromatic carbocycles. The fourth-order valence-electron chi connectivity index (χ4n) is 1.97. The quantitative estimate of drug-likeness (QED) is 0.641. The lowest BCUT2D eigenvalue weighted by Crippen LogP contribution is -2.42. The lowest BCUT2D eigenvalue weighted by atomic mass is 9.82. The maximum absolute atomic E-state index is 12.0. The molecule has 7 nitrogen and oxygen atoms in total. The molecule has 1 aromatic heterocycles. The highest BCUT2D eigenvalue weighted by molar-refractivity contribution is 5.92. The van der Waals surface area contributed by atoms with E-state index in [4.69, 9.17) is 5.73 Å². The van der Waals surface area contributed by atoms with Crippen molar-refractivity contribution in [1.29, 1.82) is 0 Å². The molecular weight excluding hydrogens is 260 g/mol. The zero-order chi connectivity index (χ0) is 15.2. The maximum atomic E-state index is 12.0. The highest BCUT2D eigenvalue weighted by Gasteiger charge is 2.35.